The Hall–Kier alpha value is -2.89. The van der Waals surface area contributed by atoms with E-state index in [4.69, 9.17) is 18.9 Å². The van der Waals surface area contributed by atoms with Crippen LogP contribution in [0.4, 0.5) is 5.69 Å². The number of methoxy groups -OCH3 is 3. The van der Waals surface area contributed by atoms with Crippen LogP contribution in [0.2, 0.25) is 0 Å². The molecular weight excluding hydrogens is 346 g/mol. The van der Waals surface area contributed by atoms with Crippen LogP contribution < -0.4 is 24.3 Å². The average molecular weight is 371 g/mol. The van der Waals surface area contributed by atoms with Crippen LogP contribution in [-0.2, 0) is 17.6 Å². The number of nitrogens with one attached hydrogen (secondary N) is 1. The van der Waals surface area contributed by atoms with Crippen LogP contribution in [0.25, 0.3) is 0 Å². The summed E-state index contributed by atoms with van der Waals surface area (Å²) in [5.41, 5.74) is 3.25. The maximum Gasteiger partial charge on any atom is 0.262 e. The van der Waals surface area contributed by atoms with E-state index in [1.807, 2.05) is 12.1 Å². The molecule has 0 radical (unpaired) electrons. The highest BCUT2D eigenvalue weighted by Crippen LogP contribution is 2.39. The van der Waals surface area contributed by atoms with Crippen molar-refractivity contribution in [1.29, 1.82) is 0 Å². The van der Waals surface area contributed by atoms with Crippen molar-refractivity contribution in [3.05, 3.63) is 41.5 Å². The highest BCUT2D eigenvalue weighted by molar-refractivity contribution is 5.92. The van der Waals surface area contributed by atoms with Crippen LogP contribution >= 0.6 is 0 Å². The molecule has 1 aliphatic rings. The van der Waals surface area contributed by atoms with Gasteiger partial charge in [-0.15, -0.1) is 0 Å². The molecule has 27 heavy (non-hydrogen) atoms. The van der Waals surface area contributed by atoms with E-state index in [-0.39, 0.29) is 12.5 Å². The van der Waals surface area contributed by atoms with Gasteiger partial charge in [0.05, 0.1) is 21.3 Å². The van der Waals surface area contributed by atoms with Crippen molar-refractivity contribution in [3.63, 3.8) is 0 Å². The minimum Gasteiger partial charge on any atom is -0.493 e. The second-order valence-corrected chi connectivity index (χ2v) is 6.39. The Bertz CT molecular complexity index is 793. The third-order valence-corrected chi connectivity index (χ3v) is 4.64. The van der Waals surface area contributed by atoms with Gasteiger partial charge >= 0.3 is 0 Å². The van der Waals surface area contributed by atoms with Crippen molar-refractivity contribution in [2.45, 2.75) is 25.7 Å². The van der Waals surface area contributed by atoms with Gasteiger partial charge in [0, 0.05) is 17.8 Å². The first kappa shape index (κ1) is 18.9. The van der Waals surface area contributed by atoms with E-state index in [0.717, 1.165) is 18.6 Å². The fourth-order valence-corrected chi connectivity index (χ4v) is 3.30. The molecule has 0 aromatic heterocycles. The van der Waals surface area contributed by atoms with Crippen molar-refractivity contribution in [2.75, 3.05) is 33.3 Å². The van der Waals surface area contributed by atoms with Crippen LogP contribution in [0.3, 0.4) is 0 Å². The van der Waals surface area contributed by atoms with Crippen molar-refractivity contribution in [1.82, 2.24) is 0 Å². The molecule has 0 unspecified atom stereocenters. The zero-order chi connectivity index (χ0) is 19.2. The molecule has 3 rings (SSSR count). The normalized spacial score (nSPS) is 12.7. The first-order valence-electron chi connectivity index (χ1n) is 8.99. The number of aryl methyl sites for hydroxylation is 2. The minimum atomic E-state index is -0.262. The molecule has 1 amide bonds. The summed E-state index contributed by atoms with van der Waals surface area (Å²) in [7, 11) is 4.59. The molecule has 0 heterocycles. The summed E-state index contributed by atoms with van der Waals surface area (Å²) in [5, 5.41) is 2.80. The van der Waals surface area contributed by atoms with E-state index in [1.54, 1.807) is 12.1 Å². The highest BCUT2D eigenvalue weighted by atomic mass is 16.5. The van der Waals surface area contributed by atoms with Gasteiger partial charge in [-0.25, -0.2) is 0 Å². The van der Waals surface area contributed by atoms with Crippen molar-refractivity contribution in [2.24, 2.45) is 0 Å². The Morgan fingerprint density at radius 1 is 0.926 bits per heavy atom. The van der Waals surface area contributed by atoms with Gasteiger partial charge in [0.25, 0.3) is 5.91 Å². The highest BCUT2D eigenvalue weighted by Gasteiger charge is 2.15. The Morgan fingerprint density at radius 2 is 1.59 bits per heavy atom. The van der Waals surface area contributed by atoms with Gasteiger partial charge in [-0.3, -0.25) is 4.79 Å². The quantitative estimate of drug-likeness (QED) is 0.805. The Kier molecular flexibility index (Phi) is 6.06. The zero-order valence-electron chi connectivity index (χ0n) is 16.0. The number of carbonyl (C=O) groups excluding carboxylic acids is 1. The number of ether oxygens (including phenoxy) is 4. The number of carbonyl (C=O) groups is 1. The van der Waals surface area contributed by atoms with E-state index in [9.17, 15) is 4.79 Å². The van der Waals surface area contributed by atoms with E-state index >= 15 is 0 Å². The van der Waals surface area contributed by atoms with Gasteiger partial charge < -0.3 is 24.3 Å². The van der Waals surface area contributed by atoms with Crippen molar-refractivity contribution < 1.29 is 23.7 Å². The van der Waals surface area contributed by atoms with Gasteiger partial charge in [-0.2, -0.15) is 0 Å². The SMILES string of the molecule is COc1cc(NC(=O)COc2ccc3c(c2)CCCC3)cc(OC)c1OC. The number of rotatable bonds is 7. The van der Waals surface area contributed by atoms with Gasteiger partial charge in [-0.1, -0.05) is 6.07 Å². The van der Waals surface area contributed by atoms with E-state index < -0.39 is 0 Å². The zero-order valence-corrected chi connectivity index (χ0v) is 16.0. The summed E-state index contributed by atoms with van der Waals surface area (Å²) in [6.07, 6.45) is 4.64. The summed E-state index contributed by atoms with van der Waals surface area (Å²) in [5.74, 6) is 1.88. The Balaban J connectivity index is 1.64. The molecule has 0 saturated heterocycles. The number of hydrogen-bond acceptors (Lipinski definition) is 5. The summed E-state index contributed by atoms with van der Waals surface area (Å²) >= 11 is 0. The second kappa shape index (κ2) is 8.66. The molecule has 6 nitrogen and oxygen atoms in total. The van der Waals surface area contributed by atoms with Crippen molar-refractivity contribution >= 4 is 11.6 Å². The monoisotopic (exact) mass is 371 g/mol. The standard InChI is InChI=1S/C21H25NO5/c1-24-18-11-16(12-19(25-2)21(18)26-3)22-20(23)13-27-17-9-8-14-6-4-5-7-15(14)10-17/h8-12H,4-7,13H2,1-3H3,(H,22,23). The lowest BCUT2D eigenvalue weighted by molar-refractivity contribution is -0.118. The van der Waals surface area contributed by atoms with Crippen LogP contribution in [0.1, 0.15) is 24.0 Å². The lowest BCUT2D eigenvalue weighted by Crippen LogP contribution is -2.20. The fourth-order valence-electron chi connectivity index (χ4n) is 3.30. The molecule has 144 valence electrons. The maximum absolute atomic E-state index is 12.3. The summed E-state index contributed by atoms with van der Waals surface area (Å²) < 4.78 is 21.5. The molecule has 0 bridgehead atoms. The topological polar surface area (TPSA) is 66.0 Å². The molecule has 0 spiro atoms. The van der Waals surface area contributed by atoms with Gasteiger partial charge in [0.2, 0.25) is 5.75 Å². The Morgan fingerprint density at radius 3 is 2.22 bits per heavy atom. The molecular formula is C21H25NO5. The number of amides is 1. The largest absolute Gasteiger partial charge is 0.493 e. The fraction of sp³-hybridized carbons (Fsp3) is 0.381. The molecule has 0 aliphatic heterocycles. The minimum absolute atomic E-state index is 0.0740. The first-order chi connectivity index (χ1) is 13.1. The number of anilines is 1. The predicted octanol–water partition coefficient (Wildman–Crippen LogP) is 3.61. The van der Waals surface area contributed by atoms with Gasteiger partial charge in [0.15, 0.2) is 18.1 Å². The molecule has 0 fully saturated rings. The molecule has 0 saturated carbocycles. The van der Waals surface area contributed by atoms with E-state index in [2.05, 4.69) is 11.4 Å². The molecule has 1 N–H and O–H groups in total. The van der Waals surface area contributed by atoms with Crippen LogP contribution in [0, 0.1) is 0 Å². The molecule has 6 heteroatoms. The number of benzene rings is 2. The molecule has 1 aliphatic carbocycles. The molecule has 2 aromatic rings. The molecule has 0 atom stereocenters. The second-order valence-electron chi connectivity index (χ2n) is 6.39. The third-order valence-electron chi connectivity index (χ3n) is 4.64. The van der Waals surface area contributed by atoms with Gasteiger partial charge in [-0.05, 0) is 48.9 Å². The van der Waals surface area contributed by atoms with Crippen LogP contribution in [-0.4, -0.2) is 33.8 Å². The number of hydrogen-bond donors (Lipinski definition) is 1. The average Bonchev–Trinajstić information content (AvgIpc) is 2.71. The first-order valence-corrected chi connectivity index (χ1v) is 8.99. The van der Waals surface area contributed by atoms with E-state index in [1.165, 1.54) is 45.3 Å². The lowest BCUT2D eigenvalue weighted by atomic mass is 9.92. The number of fused-ring (bicyclic) bond motifs is 1. The lowest BCUT2D eigenvalue weighted by Gasteiger charge is -2.17. The predicted molar refractivity (Wildman–Crippen MR) is 103 cm³/mol. The van der Waals surface area contributed by atoms with Crippen LogP contribution in [0.5, 0.6) is 23.0 Å². The van der Waals surface area contributed by atoms with Crippen molar-refractivity contribution in [3.8, 4) is 23.0 Å². The van der Waals surface area contributed by atoms with Gasteiger partial charge in [0.1, 0.15) is 5.75 Å². The van der Waals surface area contributed by atoms with Crippen LogP contribution in [0.15, 0.2) is 30.3 Å². The smallest absolute Gasteiger partial charge is 0.262 e. The summed E-state index contributed by atoms with van der Waals surface area (Å²) in [6, 6.07) is 9.43. The molecule has 2 aromatic carbocycles. The third kappa shape index (κ3) is 4.45. The summed E-state index contributed by atoms with van der Waals surface area (Å²) in [6.45, 7) is -0.0740. The maximum atomic E-state index is 12.3. The van der Waals surface area contributed by atoms with E-state index in [0.29, 0.717) is 22.9 Å². The Labute approximate surface area is 159 Å². The summed E-state index contributed by atoms with van der Waals surface area (Å²) in [4.78, 5) is 12.3.